The molecule has 0 aliphatic heterocycles. The third-order valence-corrected chi connectivity index (χ3v) is 3.28. The second kappa shape index (κ2) is 4.86. The predicted octanol–water partition coefficient (Wildman–Crippen LogP) is 2.77. The standard InChI is InChI=1S/C12H11F2N3O.ClH/c13-7-2-3-9(14)8(6-7)10-16-11(17-18-10)12(15)4-1-5-12;/h2-3,6H,1,4-5,15H2;1H. The van der Waals surface area contributed by atoms with Crippen molar-refractivity contribution in [3.8, 4) is 11.5 Å². The first kappa shape index (κ1) is 13.9. The molecule has 2 N–H and O–H groups in total. The van der Waals surface area contributed by atoms with Crippen molar-refractivity contribution >= 4 is 12.4 Å². The first-order valence-corrected chi connectivity index (χ1v) is 5.67. The molecule has 1 aliphatic carbocycles. The Kier molecular flexibility index (Phi) is 3.56. The molecule has 1 aromatic carbocycles. The lowest BCUT2D eigenvalue weighted by Crippen LogP contribution is -2.44. The summed E-state index contributed by atoms with van der Waals surface area (Å²) in [6, 6.07) is 3.08. The molecule has 0 spiro atoms. The minimum atomic E-state index is -0.605. The lowest BCUT2D eigenvalue weighted by Gasteiger charge is -2.34. The maximum atomic E-state index is 13.5. The van der Waals surface area contributed by atoms with Crippen molar-refractivity contribution in [2.75, 3.05) is 0 Å². The second-order valence-electron chi connectivity index (χ2n) is 4.56. The van der Waals surface area contributed by atoms with Gasteiger partial charge < -0.3 is 10.3 Å². The summed E-state index contributed by atoms with van der Waals surface area (Å²) in [6.07, 6.45) is 2.56. The average molecular weight is 288 g/mol. The van der Waals surface area contributed by atoms with E-state index in [1.807, 2.05) is 0 Å². The lowest BCUT2D eigenvalue weighted by atomic mass is 9.77. The molecule has 1 aromatic heterocycles. The van der Waals surface area contributed by atoms with Gasteiger partial charge in [-0.3, -0.25) is 0 Å². The van der Waals surface area contributed by atoms with E-state index >= 15 is 0 Å². The molecule has 3 rings (SSSR count). The van der Waals surface area contributed by atoms with Crippen LogP contribution in [0.15, 0.2) is 22.7 Å². The molecule has 1 heterocycles. The number of halogens is 3. The van der Waals surface area contributed by atoms with Crippen LogP contribution in [-0.4, -0.2) is 10.1 Å². The van der Waals surface area contributed by atoms with E-state index in [9.17, 15) is 8.78 Å². The van der Waals surface area contributed by atoms with Crippen molar-refractivity contribution < 1.29 is 13.3 Å². The van der Waals surface area contributed by atoms with Crippen LogP contribution in [0.3, 0.4) is 0 Å². The van der Waals surface area contributed by atoms with Crippen molar-refractivity contribution in [3.05, 3.63) is 35.7 Å². The molecular weight excluding hydrogens is 276 g/mol. The summed E-state index contributed by atoms with van der Waals surface area (Å²) in [6.45, 7) is 0. The van der Waals surface area contributed by atoms with Gasteiger partial charge in [0.15, 0.2) is 5.82 Å². The van der Waals surface area contributed by atoms with E-state index in [0.29, 0.717) is 5.82 Å². The van der Waals surface area contributed by atoms with Crippen LogP contribution >= 0.6 is 12.4 Å². The Bertz CT molecular complexity index is 598. The van der Waals surface area contributed by atoms with Gasteiger partial charge in [0.1, 0.15) is 11.6 Å². The van der Waals surface area contributed by atoms with Crippen LogP contribution in [0.2, 0.25) is 0 Å². The molecule has 7 heteroatoms. The van der Waals surface area contributed by atoms with Crippen LogP contribution in [0, 0.1) is 11.6 Å². The van der Waals surface area contributed by atoms with Gasteiger partial charge in [0.05, 0.1) is 11.1 Å². The van der Waals surface area contributed by atoms with Crippen molar-refractivity contribution in [2.45, 2.75) is 24.8 Å². The van der Waals surface area contributed by atoms with Crippen LogP contribution in [0.1, 0.15) is 25.1 Å². The van der Waals surface area contributed by atoms with Crippen LogP contribution in [0.4, 0.5) is 8.78 Å². The summed E-state index contributed by atoms with van der Waals surface area (Å²) in [5, 5.41) is 3.76. The number of nitrogens with two attached hydrogens (primary N) is 1. The van der Waals surface area contributed by atoms with E-state index in [0.717, 1.165) is 37.5 Å². The van der Waals surface area contributed by atoms with Gasteiger partial charge in [-0.2, -0.15) is 4.98 Å². The first-order valence-electron chi connectivity index (χ1n) is 5.67. The predicted molar refractivity (Wildman–Crippen MR) is 66.6 cm³/mol. The Balaban J connectivity index is 0.00000133. The molecule has 0 amide bonds. The fraction of sp³-hybridized carbons (Fsp3) is 0.333. The van der Waals surface area contributed by atoms with Gasteiger partial charge in [-0.1, -0.05) is 5.16 Å². The number of nitrogens with zero attached hydrogens (tertiary/aromatic N) is 2. The summed E-state index contributed by atoms with van der Waals surface area (Å²) in [5.41, 5.74) is 5.41. The Labute approximate surface area is 114 Å². The number of rotatable bonds is 2. The quantitative estimate of drug-likeness (QED) is 0.922. The summed E-state index contributed by atoms with van der Waals surface area (Å²) in [4.78, 5) is 4.07. The van der Waals surface area contributed by atoms with Gasteiger partial charge in [0, 0.05) is 0 Å². The molecule has 4 nitrogen and oxygen atoms in total. The van der Waals surface area contributed by atoms with Gasteiger partial charge >= 0.3 is 0 Å². The molecule has 1 aliphatic rings. The number of hydrogen-bond acceptors (Lipinski definition) is 4. The van der Waals surface area contributed by atoms with Crippen molar-refractivity contribution in [1.29, 1.82) is 0 Å². The first-order chi connectivity index (χ1) is 8.58. The Morgan fingerprint density at radius 1 is 1.26 bits per heavy atom. The van der Waals surface area contributed by atoms with Crippen LogP contribution in [0.5, 0.6) is 0 Å². The van der Waals surface area contributed by atoms with Gasteiger partial charge in [-0.05, 0) is 37.5 Å². The minimum Gasteiger partial charge on any atom is -0.334 e. The molecule has 0 atom stereocenters. The highest BCUT2D eigenvalue weighted by Gasteiger charge is 2.39. The number of benzene rings is 1. The van der Waals surface area contributed by atoms with E-state index in [-0.39, 0.29) is 23.9 Å². The topological polar surface area (TPSA) is 64.9 Å². The Morgan fingerprint density at radius 3 is 2.63 bits per heavy atom. The SMILES string of the molecule is Cl.NC1(c2noc(-c3cc(F)ccc3F)n2)CCC1. The van der Waals surface area contributed by atoms with E-state index in [4.69, 9.17) is 10.3 Å². The van der Waals surface area contributed by atoms with Crippen LogP contribution in [0.25, 0.3) is 11.5 Å². The van der Waals surface area contributed by atoms with Crippen molar-refractivity contribution in [2.24, 2.45) is 5.73 Å². The average Bonchev–Trinajstić information content (AvgIpc) is 2.79. The second-order valence-corrected chi connectivity index (χ2v) is 4.56. The highest BCUT2D eigenvalue weighted by atomic mass is 35.5. The van der Waals surface area contributed by atoms with E-state index < -0.39 is 17.2 Å². The highest BCUT2D eigenvalue weighted by molar-refractivity contribution is 5.85. The lowest BCUT2D eigenvalue weighted by molar-refractivity contribution is 0.229. The summed E-state index contributed by atoms with van der Waals surface area (Å²) >= 11 is 0. The normalized spacial score (nSPS) is 16.6. The summed E-state index contributed by atoms with van der Waals surface area (Å²) in [7, 11) is 0. The van der Waals surface area contributed by atoms with Crippen molar-refractivity contribution in [3.63, 3.8) is 0 Å². The van der Waals surface area contributed by atoms with Crippen molar-refractivity contribution in [1.82, 2.24) is 10.1 Å². The maximum Gasteiger partial charge on any atom is 0.261 e. The van der Waals surface area contributed by atoms with Gasteiger partial charge in [0.2, 0.25) is 0 Å². The van der Waals surface area contributed by atoms with E-state index in [1.165, 1.54) is 0 Å². The molecule has 19 heavy (non-hydrogen) atoms. The molecule has 0 bridgehead atoms. The van der Waals surface area contributed by atoms with Gasteiger partial charge in [0.25, 0.3) is 5.89 Å². The maximum absolute atomic E-state index is 13.5. The molecule has 0 unspecified atom stereocenters. The number of hydrogen-bond donors (Lipinski definition) is 1. The largest absolute Gasteiger partial charge is 0.334 e. The van der Waals surface area contributed by atoms with Gasteiger partial charge in [-0.25, -0.2) is 8.78 Å². The third-order valence-electron chi connectivity index (χ3n) is 3.28. The zero-order chi connectivity index (χ0) is 12.8. The highest BCUT2D eigenvalue weighted by Crippen LogP contribution is 2.37. The van der Waals surface area contributed by atoms with E-state index in [2.05, 4.69) is 10.1 Å². The minimum absolute atomic E-state index is 0. The zero-order valence-corrected chi connectivity index (χ0v) is 10.7. The Morgan fingerprint density at radius 2 is 2.00 bits per heavy atom. The third kappa shape index (κ3) is 2.33. The molecule has 0 radical (unpaired) electrons. The monoisotopic (exact) mass is 287 g/mol. The molecule has 102 valence electrons. The number of aromatic nitrogens is 2. The van der Waals surface area contributed by atoms with E-state index in [1.54, 1.807) is 0 Å². The summed E-state index contributed by atoms with van der Waals surface area (Å²) < 4.78 is 31.6. The molecule has 2 aromatic rings. The molecule has 0 saturated heterocycles. The molecular formula is C12H12ClF2N3O. The van der Waals surface area contributed by atoms with Crippen LogP contribution in [-0.2, 0) is 5.54 Å². The zero-order valence-electron chi connectivity index (χ0n) is 9.90. The fourth-order valence-electron chi connectivity index (χ4n) is 1.98. The van der Waals surface area contributed by atoms with Gasteiger partial charge in [-0.15, -0.1) is 12.4 Å². The van der Waals surface area contributed by atoms with Crippen LogP contribution < -0.4 is 5.73 Å². The summed E-state index contributed by atoms with van der Waals surface area (Å²) in [5.74, 6) is -0.852. The fourth-order valence-corrected chi connectivity index (χ4v) is 1.98. The Hall–Kier alpha value is -1.53. The molecule has 1 fully saturated rings. The smallest absolute Gasteiger partial charge is 0.261 e. The molecule has 1 saturated carbocycles.